The first-order chi connectivity index (χ1) is 6.22. The lowest BCUT2D eigenvalue weighted by Gasteiger charge is -2.14. The summed E-state index contributed by atoms with van der Waals surface area (Å²) in [6.07, 6.45) is -1.20. The van der Waals surface area contributed by atoms with Gasteiger partial charge >= 0.3 is 6.16 Å². The van der Waals surface area contributed by atoms with Gasteiger partial charge in [-0.15, -0.1) is 0 Å². The molecule has 5 heteroatoms. The van der Waals surface area contributed by atoms with Gasteiger partial charge in [-0.2, -0.15) is 0 Å². The Kier molecular flexibility index (Phi) is 3.98. The minimum absolute atomic E-state index is 0.262. The summed E-state index contributed by atoms with van der Waals surface area (Å²) in [7, 11) is 0. The minimum atomic E-state index is -0.627. The van der Waals surface area contributed by atoms with Crippen molar-refractivity contribution < 1.29 is 23.7 Å². The van der Waals surface area contributed by atoms with Gasteiger partial charge in [0.05, 0.1) is 6.61 Å². The summed E-state index contributed by atoms with van der Waals surface area (Å²) in [6.45, 7) is 4.85. The summed E-state index contributed by atoms with van der Waals surface area (Å²) in [5.41, 5.74) is 0. The molecule has 0 aromatic carbocycles. The van der Waals surface area contributed by atoms with Gasteiger partial charge in [0.1, 0.15) is 6.61 Å². The smallest absolute Gasteiger partial charge is 0.430 e. The molecule has 1 saturated heterocycles. The number of rotatable bonds is 5. The van der Waals surface area contributed by atoms with Crippen LogP contribution in [0.1, 0.15) is 13.8 Å². The van der Waals surface area contributed by atoms with Crippen LogP contribution in [0.25, 0.3) is 0 Å². The van der Waals surface area contributed by atoms with E-state index in [1.165, 1.54) is 0 Å². The maximum absolute atomic E-state index is 10.5. The Balaban J connectivity index is 2.08. The summed E-state index contributed by atoms with van der Waals surface area (Å²) in [5.74, 6) is 0. The van der Waals surface area contributed by atoms with Crippen molar-refractivity contribution in [1.82, 2.24) is 0 Å². The monoisotopic (exact) mass is 190 g/mol. The molecule has 1 aliphatic heterocycles. The van der Waals surface area contributed by atoms with Crippen LogP contribution in [0.3, 0.4) is 0 Å². The fourth-order valence-electron chi connectivity index (χ4n) is 0.973. The minimum Gasteiger partial charge on any atom is -0.430 e. The van der Waals surface area contributed by atoms with E-state index in [1.54, 1.807) is 6.92 Å². The van der Waals surface area contributed by atoms with Crippen LogP contribution in [0, 0.1) is 0 Å². The Bertz CT molecular complexity index is 170. The molecule has 1 aliphatic rings. The summed E-state index contributed by atoms with van der Waals surface area (Å²) in [6, 6.07) is 0. The van der Waals surface area contributed by atoms with Gasteiger partial charge in [-0.25, -0.2) is 4.79 Å². The zero-order valence-electron chi connectivity index (χ0n) is 7.82. The summed E-state index contributed by atoms with van der Waals surface area (Å²) < 4.78 is 19.7. The molecule has 0 aromatic heterocycles. The van der Waals surface area contributed by atoms with Crippen molar-refractivity contribution >= 4 is 6.16 Å². The van der Waals surface area contributed by atoms with Crippen molar-refractivity contribution in [2.45, 2.75) is 26.2 Å². The van der Waals surface area contributed by atoms with Gasteiger partial charge in [0, 0.05) is 6.61 Å². The molecule has 5 nitrogen and oxygen atoms in total. The van der Waals surface area contributed by atoms with Gasteiger partial charge in [-0.1, -0.05) is 0 Å². The molecular formula is C8H14O5. The van der Waals surface area contributed by atoms with Crippen LogP contribution in [0.2, 0.25) is 0 Å². The first kappa shape index (κ1) is 10.3. The zero-order chi connectivity index (χ0) is 9.68. The largest absolute Gasteiger partial charge is 0.508 e. The van der Waals surface area contributed by atoms with E-state index in [9.17, 15) is 4.79 Å². The number of carbonyl (C=O) groups excluding carboxylic acids is 1. The quantitative estimate of drug-likeness (QED) is 0.476. The second-order valence-corrected chi connectivity index (χ2v) is 2.66. The molecule has 0 spiro atoms. The second kappa shape index (κ2) is 5.04. The number of carbonyl (C=O) groups is 1. The standard InChI is InChI=1S/C8H14O5/c1-3-10-6(2)11-4-7-5-12-8(9)13-7/h6-7H,3-5H2,1-2H3. The van der Waals surface area contributed by atoms with E-state index in [-0.39, 0.29) is 19.0 Å². The van der Waals surface area contributed by atoms with Crippen molar-refractivity contribution in [2.75, 3.05) is 19.8 Å². The molecule has 0 saturated carbocycles. The molecule has 0 amide bonds. The second-order valence-electron chi connectivity index (χ2n) is 2.66. The van der Waals surface area contributed by atoms with Crippen molar-refractivity contribution in [2.24, 2.45) is 0 Å². The molecule has 2 unspecified atom stereocenters. The van der Waals surface area contributed by atoms with E-state index in [0.29, 0.717) is 13.2 Å². The molecule has 1 heterocycles. The van der Waals surface area contributed by atoms with E-state index >= 15 is 0 Å². The highest BCUT2D eigenvalue weighted by Gasteiger charge is 2.25. The first-order valence-corrected chi connectivity index (χ1v) is 4.29. The van der Waals surface area contributed by atoms with Gasteiger partial charge in [0.2, 0.25) is 0 Å². The number of hydrogen-bond donors (Lipinski definition) is 0. The Morgan fingerprint density at radius 2 is 2.38 bits per heavy atom. The lowest BCUT2D eigenvalue weighted by atomic mass is 10.4. The molecule has 0 aromatic rings. The Morgan fingerprint density at radius 1 is 1.62 bits per heavy atom. The van der Waals surface area contributed by atoms with Gasteiger partial charge in [-0.05, 0) is 13.8 Å². The predicted octanol–water partition coefficient (Wildman–Crippen LogP) is 0.921. The number of ether oxygens (including phenoxy) is 4. The third-order valence-electron chi connectivity index (χ3n) is 1.57. The molecule has 0 radical (unpaired) electrons. The molecule has 0 N–H and O–H groups in total. The van der Waals surface area contributed by atoms with Crippen molar-refractivity contribution in [3.63, 3.8) is 0 Å². The number of cyclic esters (lactones) is 2. The van der Waals surface area contributed by atoms with Crippen LogP contribution in [-0.2, 0) is 18.9 Å². The summed E-state index contributed by atoms with van der Waals surface area (Å²) >= 11 is 0. The zero-order valence-corrected chi connectivity index (χ0v) is 7.82. The fraction of sp³-hybridized carbons (Fsp3) is 0.875. The third-order valence-corrected chi connectivity index (χ3v) is 1.57. The SMILES string of the molecule is CCOC(C)OCC1COC(=O)O1. The van der Waals surface area contributed by atoms with Crippen molar-refractivity contribution in [3.8, 4) is 0 Å². The van der Waals surface area contributed by atoms with Crippen LogP contribution < -0.4 is 0 Å². The normalized spacial score (nSPS) is 23.8. The van der Waals surface area contributed by atoms with Gasteiger partial charge in [0.15, 0.2) is 12.4 Å². The van der Waals surface area contributed by atoms with E-state index in [1.807, 2.05) is 6.92 Å². The average molecular weight is 190 g/mol. The molecule has 1 rings (SSSR count). The predicted molar refractivity (Wildman–Crippen MR) is 43.3 cm³/mol. The topological polar surface area (TPSA) is 54.0 Å². The van der Waals surface area contributed by atoms with Crippen molar-refractivity contribution in [3.05, 3.63) is 0 Å². The van der Waals surface area contributed by atoms with Gasteiger partial charge in [-0.3, -0.25) is 0 Å². The molecule has 2 atom stereocenters. The molecule has 76 valence electrons. The molecule has 1 fully saturated rings. The van der Waals surface area contributed by atoms with Gasteiger partial charge < -0.3 is 18.9 Å². The Hall–Kier alpha value is -0.810. The number of hydrogen-bond acceptors (Lipinski definition) is 5. The fourth-order valence-corrected chi connectivity index (χ4v) is 0.973. The Morgan fingerprint density at radius 3 is 2.92 bits per heavy atom. The van der Waals surface area contributed by atoms with Crippen LogP contribution in [0.5, 0.6) is 0 Å². The van der Waals surface area contributed by atoms with E-state index in [2.05, 4.69) is 4.74 Å². The highest BCUT2D eigenvalue weighted by atomic mass is 16.8. The van der Waals surface area contributed by atoms with Crippen molar-refractivity contribution in [1.29, 1.82) is 0 Å². The van der Waals surface area contributed by atoms with E-state index < -0.39 is 6.16 Å². The molecule has 13 heavy (non-hydrogen) atoms. The lowest BCUT2D eigenvalue weighted by Crippen LogP contribution is -2.23. The lowest BCUT2D eigenvalue weighted by molar-refractivity contribution is -0.140. The Labute approximate surface area is 76.9 Å². The van der Waals surface area contributed by atoms with Crippen LogP contribution >= 0.6 is 0 Å². The van der Waals surface area contributed by atoms with E-state index in [0.717, 1.165) is 0 Å². The first-order valence-electron chi connectivity index (χ1n) is 4.29. The molecule has 0 aliphatic carbocycles. The molecule has 0 bridgehead atoms. The van der Waals surface area contributed by atoms with Crippen LogP contribution in [0.15, 0.2) is 0 Å². The maximum atomic E-state index is 10.5. The van der Waals surface area contributed by atoms with Gasteiger partial charge in [0.25, 0.3) is 0 Å². The van der Waals surface area contributed by atoms with Crippen LogP contribution in [-0.4, -0.2) is 38.4 Å². The molecular weight excluding hydrogens is 176 g/mol. The average Bonchev–Trinajstić information content (AvgIpc) is 2.49. The third kappa shape index (κ3) is 3.61. The van der Waals surface area contributed by atoms with E-state index in [4.69, 9.17) is 14.2 Å². The maximum Gasteiger partial charge on any atom is 0.508 e. The van der Waals surface area contributed by atoms with Crippen LogP contribution in [0.4, 0.5) is 4.79 Å². The summed E-state index contributed by atoms with van der Waals surface area (Å²) in [4.78, 5) is 10.5. The summed E-state index contributed by atoms with van der Waals surface area (Å²) in [5, 5.41) is 0. The highest BCUT2D eigenvalue weighted by molar-refractivity contribution is 5.61. The highest BCUT2D eigenvalue weighted by Crippen LogP contribution is 2.07.